The number of para-hydroxylation sites is 1. The average Bonchev–Trinajstić information content (AvgIpc) is 3.81. The summed E-state index contributed by atoms with van der Waals surface area (Å²) in [6.07, 6.45) is 4.63. The van der Waals surface area contributed by atoms with E-state index in [1.165, 1.54) is 91.8 Å². The van der Waals surface area contributed by atoms with Crippen molar-refractivity contribution in [3.05, 3.63) is 211 Å². The van der Waals surface area contributed by atoms with E-state index < -0.39 is 0 Å². The molecule has 3 heteroatoms. The minimum Gasteiger partial charge on any atom is -0.374 e. The molecule has 8 aromatic carbocycles. The van der Waals surface area contributed by atoms with Crippen molar-refractivity contribution >= 4 is 75.4 Å². The van der Waals surface area contributed by atoms with Crippen LogP contribution in [-0.2, 0) is 0 Å². The van der Waals surface area contributed by atoms with Crippen LogP contribution < -0.4 is 5.32 Å². The van der Waals surface area contributed by atoms with Gasteiger partial charge in [0.2, 0.25) is 0 Å². The third-order valence-electron chi connectivity index (χ3n) is 11.0. The van der Waals surface area contributed by atoms with E-state index in [2.05, 4.69) is 204 Å². The zero-order valence-electron chi connectivity index (χ0n) is 29.4. The number of hydrogen-bond acceptors (Lipinski definition) is 2. The fourth-order valence-electron chi connectivity index (χ4n) is 8.50. The van der Waals surface area contributed by atoms with E-state index in [9.17, 15) is 0 Å². The molecule has 1 aliphatic heterocycles. The first-order valence-electron chi connectivity index (χ1n) is 18.6. The Bertz CT molecular complexity index is 3100. The first-order chi connectivity index (χ1) is 26.8. The van der Waals surface area contributed by atoms with Gasteiger partial charge in [-0.3, -0.25) is 0 Å². The van der Waals surface area contributed by atoms with Crippen molar-refractivity contribution < 1.29 is 0 Å². The van der Waals surface area contributed by atoms with Crippen molar-refractivity contribution in [2.75, 3.05) is 0 Å². The highest BCUT2D eigenvalue weighted by Crippen LogP contribution is 2.48. The molecule has 0 saturated carbocycles. The van der Waals surface area contributed by atoms with E-state index in [4.69, 9.17) is 0 Å². The molecule has 0 bridgehead atoms. The molecule has 0 saturated heterocycles. The van der Waals surface area contributed by atoms with Gasteiger partial charge in [-0.1, -0.05) is 152 Å². The third-order valence-corrected chi connectivity index (χ3v) is 12.2. The van der Waals surface area contributed by atoms with Crippen molar-refractivity contribution in [1.82, 2.24) is 9.88 Å². The minimum absolute atomic E-state index is 0.0765. The SMILES string of the molecule is C1=C(c2ccc(-c3ccc4c(c3)c3c5ccccc5c5c6ccccc6sc5c3n4-c3ccccc3)cc2)C=C(c2ccccc2)NC1c1ccccc1. The van der Waals surface area contributed by atoms with Crippen LogP contribution in [0.3, 0.4) is 0 Å². The smallest absolute Gasteiger partial charge is 0.0726 e. The van der Waals surface area contributed by atoms with Crippen LogP contribution in [-0.4, -0.2) is 4.57 Å². The standard InChI is InChI=1S/C51H34N2S/c1-4-14-35(15-5-1)44-31-38(32-45(52-44)36-16-6-2-7-17-36)34-26-24-33(25-27-34)37-28-29-46-43(30-37)48-40-20-10-11-21-41(40)49-42-22-12-13-23-47(42)54-51(49)50(48)53(46)39-18-8-3-9-19-39/h1-32,44,52H. The summed E-state index contributed by atoms with van der Waals surface area (Å²) in [5.74, 6) is 0. The maximum Gasteiger partial charge on any atom is 0.0726 e. The van der Waals surface area contributed by atoms with Gasteiger partial charge in [-0.15, -0.1) is 11.3 Å². The molecule has 0 aliphatic carbocycles. The quantitative estimate of drug-likeness (QED) is 0.189. The number of rotatable bonds is 5. The highest BCUT2D eigenvalue weighted by molar-refractivity contribution is 7.27. The first kappa shape index (κ1) is 30.9. The fraction of sp³-hybridized carbons (Fsp3) is 0.0196. The van der Waals surface area contributed by atoms with Gasteiger partial charge in [-0.05, 0) is 86.6 Å². The normalized spacial score (nSPS) is 14.5. The Morgan fingerprint density at radius 2 is 1.09 bits per heavy atom. The second-order valence-corrected chi connectivity index (χ2v) is 15.2. The molecule has 2 nitrogen and oxygen atoms in total. The summed E-state index contributed by atoms with van der Waals surface area (Å²) < 4.78 is 5.15. The van der Waals surface area contributed by atoms with Gasteiger partial charge in [0.1, 0.15) is 0 Å². The van der Waals surface area contributed by atoms with E-state index >= 15 is 0 Å². The summed E-state index contributed by atoms with van der Waals surface area (Å²) in [6, 6.07) is 66.3. The molecule has 1 atom stereocenters. The molecule has 0 spiro atoms. The maximum atomic E-state index is 3.78. The van der Waals surface area contributed by atoms with E-state index in [1.807, 2.05) is 11.3 Å². The molecule has 2 aromatic heterocycles. The van der Waals surface area contributed by atoms with Gasteiger partial charge in [0.15, 0.2) is 0 Å². The van der Waals surface area contributed by atoms with Crippen molar-refractivity contribution in [2.24, 2.45) is 0 Å². The largest absolute Gasteiger partial charge is 0.374 e. The van der Waals surface area contributed by atoms with E-state index in [0.29, 0.717) is 0 Å². The van der Waals surface area contributed by atoms with Gasteiger partial charge in [0, 0.05) is 37.6 Å². The number of hydrogen-bond donors (Lipinski definition) is 1. The van der Waals surface area contributed by atoms with Gasteiger partial charge >= 0.3 is 0 Å². The molecule has 0 radical (unpaired) electrons. The Balaban J connectivity index is 1.09. The van der Waals surface area contributed by atoms with Crippen molar-refractivity contribution in [2.45, 2.75) is 6.04 Å². The van der Waals surface area contributed by atoms with Crippen molar-refractivity contribution in [3.8, 4) is 16.8 Å². The number of allylic oxidation sites excluding steroid dienone is 2. The van der Waals surface area contributed by atoms with Gasteiger partial charge in [-0.2, -0.15) is 0 Å². The Hall–Kier alpha value is -6.68. The third kappa shape index (κ3) is 4.93. The monoisotopic (exact) mass is 706 g/mol. The van der Waals surface area contributed by atoms with Crippen LogP contribution in [0, 0.1) is 0 Å². The molecular formula is C51H34N2S. The Morgan fingerprint density at radius 1 is 0.481 bits per heavy atom. The topological polar surface area (TPSA) is 17.0 Å². The predicted molar refractivity (Wildman–Crippen MR) is 231 cm³/mol. The van der Waals surface area contributed by atoms with Crippen LogP contribution in [0.2, 0.25) is 0 Å². The molecular weight excluding hydrogens is 673 g/mol. The molecule has 11 rings (SSSR count). The number of benzene rings is 8. The maximum absolute atomic E-state index is 3.78. The molecule has 254 valence electrons. The lowest BCUT2D eigenvalue weighted by Gasteiger charge is -2.25. The fourth-order valence-corrected chi connectivity index (χ4v) is 9.75. The molecule has 0 amide bonds. The zero-order chi connectivity index (χ0) is 35.6. The van der Waals surface area contributed by atoms with E-state index in [-0.39, 0.29) is 6.04 Å². The molecule has 3 heterocycles. The number of thiophene rings is 1. The Labute approximate surface area is 317 Å². The van der Waals surface area contributed by atoms with Crippen LogP contribution >= 0.6 is 11.3 Å². The van der Waals surface area contributed by atoms with Crippen LogP contribution in [0.25, 0.3) is 80.8 Å². The molecule has 1 aliphatic rings. The molecule has 0 fully saturated rings. The van der Waals surface area contributed by atoms with Gasteiger partial charge < -0.3 is 9.88 Å². The number of dihydropyridines is 1. The molecule has 10 aromatic rings. The summed E-state index contributed by atoms with van der Waals surface area (Å²) in [7, 11) is 0. The number of nitrogens with zero attached hydrogens (tertiary/aromatic N) is 1. The highest BCUT2D eigenvalue weighted by Gasteiger charge is 2.23. The second kappa shape index (κ2) is 12.5. The van der Waals surface area contributed by atoms with Crippen LogP contribution in [0.5, 0.6) is 0 Å². The second-order valence-electron chi connectivity index (χ2n) is 14.1. The summed E-state index contributed by atoms with van der Waals surface area (Å²) in [4.78, 5) is 0. The van der Waals surface area contributed by atoms with Crippen LogP contribution in [0.15, 0.2) is 194 Å². The van der Waals surface area contributed by atoms with Crippen LogP contribution in [0.4, 0.5) is 0 Å². The highest BCUT2D eigenvalue weighted by atomic mass is 32.1. The Kier molecular flexibility index (Phi) is 7.14. The zero-order valence-corrected chi connectivity index (χ0v) is 30.2. The number of aromatic nitrogens is 1. The van der Waals surface area contributed by atoms with Crippen molar-refractivity contribution in [1.29, 1.82) is 0 Å². The lowest BCUT2D eigenvalue weighted by atomic mass is 9.92. The number of fused-ring (bicyclic) bond motifs is 10. The molecule has 1 N–H and O–H groups in total. The Morgan fingerprint density at radius 3 is 1.85 bits per heavy atom. The summed E-state index contributed by atoms with van der Waals surface area (Å²) in [5, 5.41) is 11.6. The summed E-state index contributed by atoms with van der Waals surface area (Å²) in [5.41, 5.74) is 12.1. The van der Waals surface area contributed by atoms with Gasteiger partial charge in [-0.25, -0.2) is 0 Å². The summed E-state index contributed by atoms with van der Waals surface area (Å²) in [6.45, 7) is 0. The number of nitrogens with one attached hydrogen (secondary N) is 1. The van der Waals surface area contributed by atoms with Gasteiger partial charge in [0.25, 0.3) is 0 Å². The van der Waals surface area contributed by atoms with E-state index in [1.54, 1.807) is 0 Å². The first-order valence-corrected chi connectivity index (χ1v) is 19.4. The average molecular weight is 707 g/mol. The van der Waals surface area contributed by atoms with Crippen LogP contribution in [0.1, 0.15) is 22.7 Å². The summed E-state index contributed by atoms with van der Waals surface area (Å²) >= 11 is 1.91. The van der Waals surface area contributed by atoms with Gasteiger partial charge in [0.05, 0.1) is 21.8 Å². The van der Waals surface area contributed by atoms with Crippen molar-refractivity contribution in [3.63, 3.8) is 0 Å². The lowest BCUT2D eigenvalue weighted by Crippen LogP contribution is -2.21. The van der Waals surface area contributed by atoms with E-state index in [0.717, 1.165) is 5.70 Å². The molecule has 54 heavy (non-hydrogen) atoms. The minimum atomic E-state index is 0.0765. The molecule has 1 unspecified atom stereocenters. The predicted octanol–water partition coefficient (Wildman–Crippen LogP) is 13.7. The lowest BCUT2D eigenvalue weighted by molar-refractivity contribution is 0.767.